The predicted molar refractivity (Wildman–Crippen MR) is 53.5 cm³/mol. The maximum Gasteiger partial charge on any atom is 0.233 e. The Labute approximate surface area is 80.7 Å². The fourth-order valence-electron chi connectivity index (χ4n) is 1.19. The molecule has 2 aromatic heterocycles. The van der Waals surface area contributed by atoms with Crippen LogP contribution in [0, 0.1) is 12.1 Å². The van der Waals surface area contributed by atoms with Crippen LogP contribution >= 0.6 is 11.3 Å². The molecule has 2 aromatic rings. The number of hydrogen-bond acceptors (Lipinski definition) is 2. The molecule has 0 spiro atoms. The van der Waals surface area contributed by atoms with E-state index >= 15 is 0 Å². The summed E-state index contributed by atoms with van der Waals surface area (Å²) in [6.07, 6.45) is 1.52. The van der Waals surface area contributed by atoms with Crippen LogP contribution in [0.3, 0.4) is 0 Å². The Kier molecular flexibility index (Phi) is 2.02. The molecule has 0 atom stereocenters. The largest absolute Gasteiger partial charge is 0.618 e. The Morgan fingerprint density at radius 1 is 1.23 bits per heavy atom. The lowest BCUT2D eigenvalue weighted by molar-refractivity contribution is -0.593. The number of nitrogens with zero attached hydrogens (tertiary/aromatic N) is 1. The quantitative estimate of drug-likeness (QED) is 0.502. The molecule has 0 radical (unpaired) electrons. The van der Waals surface area contributed by atoms with Crippen LogP contribution in [0.2, 0.25) is 0 Å². The van der Waals surface area contributed by atoms with Gasteiger partial charge in [0.25, 0.3) is 0 Å². The number of aryl methyl sites for hydroxylation is 1. The summed E-state index contributed by atoms with van der Waals surface area (Å²) in [7, 11) is 0. The van der Waals surface area contributed by atoms with Crippen LogP contribution in [-0.4, -0.2) is 0 Å². The van der Waals surface area contributed by atoms with Gasteiger partial charge in [-0.2, -0.15) is 4.73 Å². The van der Waals surface area contributed by atoms with Gasteiger partial charge in [-0.25, -0.2) is 0 Å². The lowest BCUT2D eigenvalue weighted by Gasteiger charge is -1.99. The van der Waals surface area contributed by atoms with E-state index in [0.717, 1.165) is 15.3 Å². The molecule has 0 saturated carbocycles. The Morgan fingerprint density at radius 2 is 2.08 bits per heavy atom. The molecule has 2 heterocycles. The highest BCUT2D eigenvalue weighted by atomic mass is 32.1. The van der Waals surface area contributed by atoms with Crippen LogP contribution in [0.15, 0.2) is 36.5 Å². The molecule has 0 unspecified atom stereocenters. The maximum absolute atomic E-state index is 11.4. The predicted octanol–water partition coefficient (Wildman–Crippen LogP) is 2.36. The summed E-state index contributed by atoms with van der Waals surface area (Å²) in [5.74, 6) is 0. The zero-order valence-electron chi connectivity index (χ0n) is 7.23. The van der Waals surface area contributed by atoms with Crippen molar-refractivity contribution in [3.05, 3.63) is 46.6 Å². The van der Waals surface area contributed by atoms with E-state index in [-0.39, 0.29) is 0 Å². The van der Waals surface area contributed by atoms with Gasteiger partial charge in [-0.1, -0.05) is 0 Å². The molecule has 0 aliphatic carbocycles. The van der Waals surface area contributed by atoms with Crippen LogP contribution < -0.4 is 4.73 Å². The zero-order chi connectivity index (χ0) is 9.26. The highest BCUT2D eigenvalue weighted by molar-refractivity contribution is 7.15. The van der Waals surface area contributed by atoms with Crippen molar-refractivity contribution >= 4 is 11.3 Å². The molecule has 2 rings (SSSR count). The van der Waals surface area contributed by atoms with Crippen molar-refractivity contribution < 1.29 is 4.73 Å². The lowest BCUT2D eigenvalue weighted by Crippen LogP contribution is -2.27. The van der Waals surface area contributed by atoms with E-state index in [2.05, 4.69) is 0 Å². The van der Waals surface area contributed by atoms with Gasteiger partial charge in [0.2, 0.25) is 5.69 Å². The standard InChI is InChI=1S/C10H9NOS/c1-8-5-6-10(13-8)9-4-2-3-7-11(9)12/h2-7H,1H3. The number of aromatic nitrogens is 1. The molecule has 0 N–H and O–H groups in total. The third kappa shape index (κ3) is 1.55. The molecule has 0 aliphatic heterocycles. The van der Waals surface area contributed by atoms with E-state index in [9.17, 15) is 5.21 Å². The van der Waals surface area contributed by atoms with E-state index < -0.39 is 0 Å². The van der Waals surface area contributed by atoms with Crippen molar-refractivity contribution in [3.8, 4) is 10.6 Å². The Balaban J connectivity index is 2.52. The topological polar surface area (TPSA) is 26.9 Å². The van der Waals surface area contributed by atoms with Gasteiger partial charge in [0, 0.05) is 17.0 Å². The van der Waals surface area contributed by atoms with Crippen LogP contribution in [0.5, 0.6) is 0 Å². The summed E-state index contributed by atoms with van der Waals surface area (Å²) in [6, 6.07) is 9.44. The minimum absolute atomic E-state index is 0.723. The minimum Gasteiger partial charge on any atom is -0.618 e. The molecule has 0 fully saturated rings. The first kappa shape index (κ1) is 8.26. The smallest absolute Gasteiger partial charge is 0.233 e. The van der Waals surface area contributed by atoms with Crippen LogP contribution in [0.1, 0.15) is 4.88 Å². The third-order valence-corrected chi connectivity index (χ3v) is 2.84. The van der Waals surface area contributed by atoms with E-state index in [1.807, 2.05) is 31.2 Å². The Hall–Kier alpha value is -1.35. The highest BCUT2D eigenvalue weighted by Gasteiger charge is 2.08. The second-order valence-corrected chi connectivity index (χ2v) is 4.11. The summed E-state index contributed by atoms with van der Waals surface area (Å²) in [5, 5.41) is 11.4. The molecule has 66 valence electrons. The van der Waals surface area contributed by atoms with Crippen LogP contribution in [0.25, 0.3) is 10.6 Å². The second kappa shape index (κ2) is 3.18. The molecule has 0 aromatic carbocycles. The molecule has 3 heteroatoms. The van der Waals surface area contributed by atoms with E-state index in [1.54, 1.807) is 17.4 Å². The minimum atomic E-state index is 0.723. The third-order valence-electron chi connectivity index (χ3n) is 1.82. The first-order chi connectivity index (χ1) is 6.27. The second-order valence-electron chi connectivity index (χ2n) is 2.82. The summed E-state index contributed by atoms with van der Waals surface area (Å²) in [6.45, 7) is 2.03. The van der Waals surface area contributed by atoms with Crippen molar-refractivity contribution in [1.29, 1.82) is 0 Å². The number of hydrogen-bond donors (Lipinski definition) is 0. The van der Waals surface area contributed by atoms with Gasteiger partial charge in [0.15, 0.2) is 6.20 Å². The molecule has 0 aliphatic rings. The van der Waals surface area contributed by atoms with Crippen LogP contribution in [0.4, 0.5) is 0 Å². The molecular weight excluding hydrogens is 182 g/mol. The van der Waals surface area contributed by atoms with Gasteiger partial charge in [-0.15, -0.1) is 11.3 Å². The number of pyridine rings is 1. The fourth-order valence-corrected chi connectivity index (χ4v) is 2.07. The Bertz CT molecular complexity index is 422. The van der Waals surface area contributed by atoms with Crippen LogP contribution in [-0.2, 0) is 0 Å². The molecule has 0 amide bonds. The highest BCUT2D eigenvalue weighted by Crippen LogP contribution is 2.24. The van der Waals surface area contributed by atoms with E-state index in [1.165, 1.54) is 11.1 Å². The fraction of sp³-hybridized carbons (Fsp3) is 0.100. The monoisotopic (exact) mass is 191 g/mol. The first-order valence-corrected chi connectivity index (χ1v) is 4.84. The van der Waals surface area contributed by atoms with Crippen molar-refractivity contribution in [1.82, 2.24) is 0 Å². The van der Waals surface area contributed by atoms with Crippen molar-refractivity contribution in [2.24, 2.45) is 0 Å². The van der Waals surface area contributed by atoms with Gasteiger partial charge in [-0.05, 0) is 25.1 Å². The van der Waals surface area contributed by atoms with Gasteiger partial charge >= 0.3 is 0 Å². The molecule has 2 nitrogen and oxygen atoms in total. The average Bonchev–Trinajstić information content (AvgIpc) is 2.53. The van der Waals surface area contributed by atoms with Gasteiger partial charge in [0.1, 0.15) is 4.88 Å². The maximum atomic E-state index is 11.4. The van der Waals surface area contributed by atoms with Gasteiger partial charge in [-0.3, -0.25) is 0 Å². The van der Waals surface area contributed by atoms with Gasteiger partial charge in [0.05, 0.1) is 0 Å². The van der Waals surface area contributed by atoms with E-state index in [0.29, 0.717) is 0 Å². The molecular formula is C10H9NOS. The van der Waals surface area contributed by atoms with E-state index in [4.69, 9.17) is 0 Å². The van der Waals surface area contributed by atoms with Gasteiger partial charge < -0.3 is 5.21 Å². The number of rotatable bonds is 1. The SMILES string of the molecule is Cc1ccc(-c2cccc[n+]2[O-])s1. The first-order valence-electron chi connectivity index (χ1n) is 4.02. The lowest BCUT2D eigenvalue weighted by atomic mass is 10.3. The average molecular weight is 191 g/mol. The summed E-state index contributed by atoms with van der Waals surface area (Å²) < 4.78 is 0.894. The van der Waals surface area contributed by atoms with Crippen molar-refractivity contribution in [3.63, 3.8) is 0 Å². The molecule has 0 bridgehead atoms. The molecule has 0 saturated heterocycles. The Morgan fingerprint density at radius 3 is 2.69 bits per heavy atom. The summed E-state index contributed by atoms with van der Waals surface area (Å²) in [5.41, 5.74) is 0.723. The molecule has 13 heavy (non-hydrogen) atoms. The summed E-state index contributed by atoms with van der Waals surface area (Å²) in [4.78, 5) is 2.24. The summed E-state index contributed by atoms with van der Waals surface area (Å²) >= 11 is 1.63. The zero-order valence-corrected chi connectivity index (χ0v) is 8.04. The van der Waals surface area contributed by atoms with Crippen molar-refractivity contribution in [2.45, 2.75) is 6.92 Å². The number of thiophene rings is 1. The van der Waals surface area contributed by atoms with Crippen molar-refractivity contribution in [2.75, 3.05) is 0 Å². The normalized spacial score (nSPS) is 10.2.